The summed E-state index contributed by atoms with van der Waals surface area (Å²) in [6, 6.07) is 5.70. The van der Waals surface area contributed by atoms with Crippen molar-refractivity contribution in [1.82, 2.24) is 14.6 Å². The molecular weight excluding hydrogens is 320 g/mol. The van der Waals surface area contributed by atoms with Crippen LogP contribution in [0, 0.1) is 6.92 Å². The molecule has 25 heavy (non-hydrogen) atoms. The number of carbonyl (C=O) groups is 1. The van der Waals surface area contributed by atoms with E-state index in [9.17, 15) is 4.79 Å². The van der Waals surface area contributed by atoms with Crippen LogP contribution in [0.1, 0.15) is 38.8 Å². The number of imidazole rings is 1. The Morgan fingerprint density at radius 1 is 1.36 bits per heavy atom. The van der Waals surface area contributed by atoms with Crippen LogP contribution in [0.3, 0.4) is 0 Å². The number of rotatable bonds is 5. The maximum absolute atomic E-state index is 12.2. The monoisotopic (exact) mass is 346 g/mol. The van der Waals surface area contributed by atoms with Crippen molar-refractivity contribution in [2.24, 2.45) is 0 Å². The highest BCUT2D eigenvalue weighted by Gasteiger charge is 2.23. The number of nitrogens with two attached hydrogens (primary N) is 1. The highest BCUT2D eigenvalue weighted by Crippen LogP contribution is 2.24. The highest BCUT2D eigenvalue weighted by atomic mass is 16.7. The second kappa shape index (κ2) is 7.46. The number of hydroxylamine groups is 2. The van der Waals surface area contributed by atoms with Crippen molar-refractivity contribution in [3.05, 3.63) is 41.7 Å². The van der Waals surface area contributed by atoms with E-state index in [2.05, 4.69) is 4.98 Å². The Morgan fingerprint density at radius 2 is 2.08 bits per heavy atom. The zero-order chi connectivity index (χ0) is 18.6. The number of hydrogen-bond acceptors (Lipinski definition) is 5. The molecule has 0 spiro atoms. The fourth-order valence-corrected chi connectivity index (χ4v) is 2.25. The summed E-state index contributed by atoms with van der Waals surface area (Å²) in [5.74, 6) is 1.05. The van der Waals surface area contributed by atoms with E-state index in [4.69, 9.17) is 15.3 Å². The minimum absolute atomic E-state index is 0.368. The molecular formula is C18H26N4O3. The second-order valence-electron chi connectivity index (χ2n) is 6.72. The summed E-state index contributed by atoms with van der Waals surface area (Å²) in [7, 11) is 0. The smallest absolute Gasteiger partial charge is 0.442 e. The molecule has 7 nitrogen and oxygen atoms in total. The lowest BCUT2D eigenvalue weighted by Gasteiger charge is -2.26. The lowest BCUT2D eigenvalue weighted by atomic mass is 10.1. The molecule has 0 fully saturated rings. The van der Waals surface area contributed by atoms with E-state index in [0.717, 1.165) is 11.1 Å². The fraction of sp³-hybridized carbons (Fsp3) is 0.444. The molecule has 0 atom stereocenters. The first-order valence-corrected chi connectivity index (χ1v) is 8.25. The molecule has 0 unspecified atom stereocenters. The minimum Gasteiger partial charge on any atom is -0.442 e. The molecule has 136 valence electrons. The third-order valence-electron chi connectivity index (χ3n) is 3.58. The van der Waals surface area contributed by atoms with E-state index in [0.29, 0.717) is 24.8 Å². The van der Waals surface area contributed by atoms with E-state index < -0.39 is 11.7 Å². The SMILES string of the molecule is CCN(Oc1cccc(Cn2ccnc2N)c1C)C(=O)OC(C)(C)C. The van der Waals surface area contributed by atoms with E-state index in [-0.39, 0.29) is 0 Å². The van der Waals surface area contributed by atoms with Gasteiger partial charge >= 0.3 is 6.09 Å². The van der Waals surface area contributed by atoms with Crippen molar-refractivity contribution >= 4 is 12.0 Å². The Kier molecular flexibility index (Phi) is 5.56. The van der Waals surface area contributed by atoms with Crippen molar-refractivity contribution in [1.29, 1.82) is 0 Å². The molecule has 1 aromatic heterocycles. The van der Waals surface area contributed by atoms with Crippen LogP contribution in [0.5, 0.6) is 5.75 Å². The van der Waals surface area contributed by atoms with E-state index in [1.807, 2.05) is 63.6 Å². The third-order valence-corrected chi connectivity index (χ3v) is 3.58. The van der Waals surface area contributed by atoms with Gasteiger partial charge in [-0.25, -0.2) is 9.78 Å². The standard InChI is InChI=1S/C18H26N4O3/c1-6-22(17(23)24-18(3,4)5)25-15-9-7-8-14(13(15)2)12-21-11-10-20-16(21)19/h7-11H,6,12H2,1-5H3,(H2,19,20). The van der Waals surface area contributed by atoms with Gasteiger partial charge < -0.3 is 19.9 Å². The van der Waals surface area contributed by atoms with Crippen molar-refractivity contribution in [2.75, 3.05) is 12.3 Å². The molecule has 0 saturated heterocycles. The molecule has 1 aromatic carbocycles. The van der Waals surface area contributed by atoms with Gasteiger partial charge in [-0.1, -0.05) is 12.1 Å². The molecule has 2 aromatic rings. The van der Waals surface area contributed by atoms with Gasteiger partial charge in [0.05, 0.1) is 13.1 Å². The molecule has 0 saturated carbocycles. The van der Waals surface area contributed by atoms with Crippen LogP contribution in [0.4, 0.5) is 10.7 Å². The van der Waals surface area contributed by atoms with Gasteiger partial charge in [-0.15, -0.1) is 5.06 Å². The Labute approximate surface area is 148 Å². The molecule has 2 N–H and O–H groups in total. The quantitative estimate of drug-likeness (QED) is 0.839. The van der Waals surface area contributed by atoms with E-state index in [1.54, 1.807) is 6.20 Å². The summed E-state index contributed by atoms with van der Waals surface area (Å²) in [6.07, 6.45) is 2.96. The molecule has 0 aliphatic rings. The Balaban J connectivity index is 2.17. The Hall–Kier alpha value is -2.70. The van der Waals surface area contributed by atoms with Crippen molar-refractivity contribution < 1.29 is 14.4 Å². The minimum atomic E-state index is -0.580. The molecule has 0 radical (unpaired) electrons. The summed E-state index contributed by atoms with van der Waals surface area (Å²) < 4.78 is 7.21. The van der Waals surface area contributed by atoms with Gasteiger partial charge in [-0.2, -0.15) is 0 Å². The fourth-order valence-electron chi connectivity index (χ4n) is 2.25. The summed E-state index contributed by atoms with van der Waals surface area (Å²) in [6.45, 7) is 10.2. The second-order valence-corrected chi connectivity index (χ2v) is 6.72. The van der Waals surface area contributed by atoms with Crippen LogP contribution in [-0.2, 0) is 11.3 Å². The van der Waals surface area contributed by atoms with Gasteiger partial charge in [-0.05, 0) is 51.8 Å². The normalized spacial score (nSPS) is 11.2. The summed E-state index contributed by atoms with van der Waals surface area (Å²) in [4.78, 5) is 22.1. The van der Waals surface area contributed by atoms with Crippen LogP contribution < -0.4 is 10.6 Å². The number of benzene rings is 1. The Morgan fingerprint density at radius 3 is 2.64 bits per heavy atom. The lowest BCUT2D eigenvalue weighted by molar-refractivity contribution is -0.0697. The number of hydrogen-bond donors (Lipinski definition) is 1. The number of anilines is 1. The number of aromatic nitrogens is 2. The molecule has 1 amide bonds. The number of amides is 1. The number of carbonyl (C=O) groups excluding carboxylic acids is 1. The van der Waals surface area contributed by atoms with E-state index >= 15 is 0 Å². The summed E-state index contributed by atoms with van der Waals surface area (Å²) >= 11 is 0. The third kappa shape index (κ3) is 4.89. The van der Waals surface area contributed by atoms with Crippen molar-refractivity contribution in [3.63, 3.8) is 0 Å². The van der Waals surface area contributed by atoms with Gasteiger partial charge in [0.1, 0.15) is 5.60 Å². The maximum Gasteiger partial charge on any atom is 0.443 e. The zero-order valence-electron chi connectivity index (χ0n) is 15.4. The average molecular weight is 346 g/mol. The predicted octanol–water partition coefficient (Wildman–Crippen LogP) is 3.37. The molecule has 0 aliphatic heterocycles. The molecule has 0 bridgehead atoms. The van der Waals surface area contributed by atoms with Crippen LogP contribution in [0.15, 0.2) is 30.6 Å². The maximum atomic E-state index is 12.2. The topological polar surface area (TPSA) is 82.6 Å². The first kappa shape index (κ1) is 18.6. The van der Waals surface area contributed by atoms with E-state index in [1.165, 1.54) is 5.06 Å². The first-order chi connectivity index (χ1) is 11.7. The summed E-state index contributed by atoms with van der Waals surface area (Å²) in [5.41, 5.74) is 7.21. The summed E-state index contributed by atoms with van der Waals surface area (Å²) in [5, 5.41) is 1.21. The number of ether oxygens (including phenoxy) is 1. The largest absolute Gasteiger partial charge is 0.443 e. The Bertz CT molecular complexity index is 734. The predicted molar refractivity (Wildman–Crippen MR) is 96.2 cm³/mol. The van der Waals surface area contributed by atoms with Crippen LogP contribution in [0.2, 0.25) is 0 Å². The van der Waals surface area contributed by atoms with Gasteiger partial charge in [0.25, 0.3) is 0 Å². The lowest BCUT2D eigenvalue weighted by Crippen LogP contribution is -2.39. The average Bonchev–Trinajstić information content (AvgIpc) is 2.91. The van der Waals surface area contributed by atoms with Gasteiger partial charge in [0.15, 0.2) is 11.7 Å². The molecule has 7 heteroatoms. The first-order valence-electron chi connectivity index (χ1n) is 8.25. The van der Waals surface area contributed by atoms with Gasteiger partial charge in [-0.3, -0.25) is 0 Å². The highest BCUT2D eigenvalue weighted by molar-refractivity contribution is 5.67. The number of nitrogen functional groups attached to an aromatic ring is 1. The van der Waals surface area contributed by atoms with Gasteiger partial charge in [0.2, 0.25) is 0 Å². The van der Waals surface area contributed by atoms with Crippen LogP contribution in [-0.4, -0.2) is 32.9 Å². The van der Waals surface area contributed by atoms with Crippen LogP contribution >= 0.6 is 0 Å². The number of nitrogens with zero attached hydrogens (tertiary/aromatic N) is 3. The van der Waals surface area contributed by atoms with Crippen molar-refractivity contribution in [2.45, 2.75) is 46.8 Å². The van der Waals surface area contributed by atoms with Crippen LogP contribution in [0.25, 0.3) is 0 Å². The zero-order valence-corrected chi connectivity index (χ0v) is 15.4. The molecule has 2 rings (SSSR count). The van der Waals surface area contributed by atoms with Gasteiger partial charge in [0, 0.05) is 12.4 Å². The van der Waals surface area contributed by atoms with Crippen molar-refractivity contribution in [3.8, 4) is 5.75 Å². The molecule has 1 heterocycles. The molecule has 0 aliphatic carbocycles.